The minimum atomic E-state index is 0.124. The van der Waals surface area contributed by atoms with E-state index >= 15 is 0 Å². The van der Waals surface area contributed by atoms with Crippen LogP contribution in [0.2, 0.25) is 0 Å². The van der Waals surface area contributed by atoms with Crippen molar-refractivity contribution < 1.29 is 9.26 Å². The molecule has 0 spiro atoms. The number of hydrogen-bond acceptors (Lipinski definition) is 6. The van der Waals surface area contributed by atoms with E-state index in [2.05, 4.69) is 20.1 Å². The molecule has 7 nitrogen and oxygen atoms in total. The third-order valence-corrected chi connectivity index (χ3v) is 4.03. The number of rotatable bonds is 5. The van der Waals surface area contributed by atoms with Crippen molar-refractivity contribution in [3.05, 3.63) is 54.6 Å². The maximum absolute atomic E-state index is 5.83. The molecule has 0 aliphatic carbocycles. The lowest BCUT2D eigenvalue weighted by Gasteiger charge is -2.31. The Labute approximate surface area is 139 Å². The van der Waals surface area contributed by atoms with Gasteiger partial charge in [0.15, 0.2) is 5.82 Å². The molecule has 3 heterocycles. The number of benzene rings is 1. The Bertz CT molecular complexity index is 756. The van der Waals surface area contributed by atoms with Gasteiger partial charge in [-0.15, -0.1) is 0 Å². The van der Waals surface area contributed by atoms with Crippen molar-refractivity contribution in [2.75, 3.05) is 19.7 Å². The lowest BCUT2D eigenvalue weighted by Crippen LogP contribution is -2.43. The second-order valence-corrected chi connectivity index (χ2v) is 5.84. The van der Waals surface area contributed by atoms with Crippen molar-refractivity contribution in [3.8, 4) is 11.5 Å². The van der Waals surface area contributed by atoms with E-state index in [0.717, 1.165) is 25.2 Å². The third-order valence-electron chi connectivity index (χ3n) is 4.03. The van der Waals surface area contributed by atoms with Crippen molar-refractivity contribution in [1.82, 2.24) is 24.8 Å². The molecule has 1 atom stereocenters. The van der Waals surface area contributed by atoms with Crippen LogP contribution in [0.3, 0.4) is 0 Å². The molecule has 0 N–H and O–H groups in total. The van der Waals surface area contributed by atoms with Crippen molar-refractivity contribution in [2.45, 2.75) is 19.2 Å². The van der Waals surface area contributed by atoms with Gasteiger partial charge < -0.3 is 9.26 Å². The van der Waals surface area contributed by atoms with Crippen molar-refractivity contribution in [3.63, 3.8) is 0 Å². The van der Waals surface area contributed by atoms with Crippen LogP contribution in [0.4, 0.5) is 0 Å². The first-order chi connectivity index (χ1) is 11.9. The van der Waals surface area contributed by atoms with Crippen molar-refractivity contribution >= 4 is 0 Å². The van der Waals surface area contributed by atoms with Crippen LogP contribution in [0, 0.1) is 0 Å². The first-order valence-electron chi connectivity index (χ1n) is 8.06. The zero-order valence-electron chi connectivity index (χ0n) is 13.3. The molecule has 1 aliphatic rings. The molecule has 0 saturated carbocycles. The van der Waals surface area contributed by atoms with Crippen LogP contribution in [0.15, 0.2) is 53.3 Å². The molecular formula is C17H19N5O2. The van der Waals surface area contributed by atoms with E-state index in [1.54, 1.807) is 6.20 Å². The summed E-state index contributed by atoms with van der Waals surface area (Å²) in [5.74, 6) is 1.26. The van der Waals surface area contributed by atoms with Gasteiger partial charge in [-0.25, -0.2) is 0 Å². The Morgan fingerprint density at radius 2 is 2.08 bits per heavy atom. The number of hydrogen-bond donors (Lipinski definition) is 0. The van der Waals surface area contributed by atoms with Gasteiger partial charge in [0.05, 0.1) is 25.8 Å². The Morgan fingerprint density at radius 1 is 1.17 bits per heavy atom. The Balaban J connectivity index is 1.37. The van der Waals surface area contributed by atoms with Crippen LogP contribution >= 0.6 is 0 Å². The van der Waals surface area contributed by atoms with Crippen LogP contribution in [0.5, 0.6) is 0 Å². The molecule has 1 aromatic carbocycles. The second kappa shape index (κ2) is 6.94. The van der Waals surface area contributed by atoms with Gasteiger partial charge in [-0.3, -0.25) is 9.58 Å². The fourth-order valence-corrected chi connectivity index (χ4v) is 2.87. The average molecular weight is 325 g/mol. The molecule has 1 saturated heterocycles. The van der Waals surface area contributed by atoms with Crippen LogP contribution in [-0.2, 0) is 17.8 Å². The van der Waals surface area contributed by atoms with Gasteiger partial charge in [0.25, 0.3) is 5.89 Å². The first-order valence-corrected chi connectivity index (χ1v) is 8.06. The molecule has 1 fully saturated rings. The van der Waals surface area contributed by atoms with Gasteiger partial charge >= 0.3 is 0 Å². The van der Waals surface area contributed by atoms with E-state index in [4.69, 9.17) is 9.26 Å². The molecule has 1 aliphatic heterocycles. The predicted molar refractivity (Wildman–Crippen MR) is 87.0 cm³/mol. The summed E-state index contributed by atoms with van der Waals surface area (Å²) in [5, 5.41) is 8.34. The van der Waals surface area contributed by atoms with E-state index in [1.165, 1.54) is 0 Å². The monoisotopic (exact) mass is 325 g/mol. The van der Waals surface area contributed by atoms with Crippen molar-refractivity contribution in [1.29, 1.82) is 0 Å². The minimum absolute atomic E-state index is 0.124. The summed E-state index contributed by atoms with van der Waals surface area (Å²) in [5.41, 5.74) is 0.940. The Hall–Kier alpha value is -2.51. The lowest BCUT2D eigenvalue weighted by molar-refractivity contribution is -0.0410. The summed E-state index contributed by atoms with van der Waals surface area (Å²) in [6.45, 7) is 3.82. The second-order valence-electron chi connectivity index (χ2n) is 5.84. The van der Waals surface area contributed by atoms with Gasteiger partial charge in [-0.1, -0.05) is 23.4 Å². The quantitative estimate of drug-likeness (QED) is 0.713. The molecule has 0 amide bonds. The lowest BCUT2D eigenvalue weighted by atomic mass is 10.2. The van der Waals surface area contributed by atoms with Crippen LogP contribution in [0.25, 0.3) is 11.5 Å². The van der Waals surface area contributed by atoms with Crippen LogP contribution in [-0.4, -0.2) is 50.6 Å². The Morgan fingerprint density at radius 3 is 2.92 bits per heavy atom. The molecule has 0 bridgehead atoms. The predicted octanol–water partition coefficient (Wildman–Crippen LogP) is 1.83. The van der Waals surface area contributed by atoms with Crippen LogP contribution in [0.1, 0.15) is 5.82 Å². The van der Waals surface area contributed by atoms with Gasteiger partial charge in [0.2, 0.25) is 0 Å². The van der Waals surface area contributed by atoms with E-state index in [0.29, 0.717) is 24.9 Å². The zero-order valence-corrected chi connectivity index (χ0v) is 13.3. The molecule has 3 aromatic rings. The topological polar surface area (TPSA) is 69.2 Å². The van der Waals surface area contributed by atoms with E-state index in [-0.39, 0.29) is 6.10 Å². The highest BCUT2D eigenvalue weighted by Crippen LogP contribution is 2.17. The highest BCUT2D eigenvalue weighted by molar-refractivity contribution is 5.51. The van der Waals surface area contributed by atoms with E-state index in [9.17, 15) is 0 Å². The fourth-order valence-electron chi connectivity index (χ4n) is 2.87. The van der Waals surface area contributed by atoms with Crippen LogP contribution < -0.4 is 0 Å². The number of nitrogens with zero attached hydrogens (tertiary/aromatic N) is 5. The largest absolute Gasteiger partial charge is 0.374 e. The molecule has 24 heavy (non-hydrogen) atoms. The van der Waals surface area contributed by atoms with Crippen molar-refractivity contribution in [2.24, 2.45) is 0 Å². The van der Waals surface area contributed by atoms with Gasteiger partial charge in [0.1, 0.15) is 0 Å². The fraction of sp³-hybridized carbons (Fsp3) is 0.353. The summed E-state index contributed by atoms with van der Waals surface area (Å²) in [4.78, 5) is 6.79. The smallest absolute Gasteiger partial charge is 0.257 e. The molecule has 4 rings (SSSR count). The SMILES string of the molecule is c1ccc(-c2nc(CN3CCO[C@@H](Cn4cccn4)C3)no2)cc1. The molecule has 0 radical (unpaired) electrons. The van der Waals surface area contributed by atoms with Gasteiger partial charge in [-0.05, 0) is 18.2 Å². The number of ether oxygens (including phenoxy) is 1. The zero-order chi connectivity index (χ0) is 16.2. The standard InChI is InChI=1S/C17H19N5O2/c1-2-5-14(6-3-1)17-19-16(20-24-17)13-21-9-10-23-15(11-21)12-22-8-4-7-18-22/h1-8,15H,9-13H2/t15-/m1/s1. The molecule has 0 unspecified atom stereocenters. The summed E-state index contributed by atoms with van der Waals surface area (Å²) < 4.78 is 13.1. The maximum Gasteiger partial charge on any atom is 0.257 e. The summed E-state index contributed by atoms with van der Waals surface area (Å²) in [7, 11) is 0. The highest BCUT2D eigenvalue weighted by Gasteiger charge is 2.22. The summed E-state index contributed by atoms with van der Waals surface area (Å²) >= 11 is 0. The molecule has 7 heteroatoms. The maximum atomic E-state index is 5.83. The average Bonchev–Trinajstić information content (AvgIpc) is 3.28. The van der Waals surface area contributed by atoms with Gasteiger partial charge in [0, 0.05) is 31.0 Å². The highest BCUT2D eigenvalue weighted by atomic mass is 16.5. The molecule has 124 valence electrons. The van der Waals surface area contributed by atoms with E-state index < -0.39 is 0 Å². The summed E-state index contributed by atoms with van der Waals surface area (Å²) in [6, 6.07) is 11.7. The first kappa shape index (κ1) is 15.0. The number of morpholine rings is 1. The van der Waals surface area contributed by atoms with E-state index in [1.807, 2.05) is 47.3 Å². The Kier molecular flexibility index (Phi) is 4.35. The molecular weight excluding hydrogens is 306 g/mol. The third kappa shape index (κ3) is 3.52. The normalized spacial score (nSPS) is 18.8. The van der Waals surface area contributed by atoms with Gasteiger partial charge in [-0.2, -0.15) is 10.1 Å². The molecule has 2 aromatic heterocycles. The summed E-state index contributed by atoms with van der Waals surface area (Å²) in [6.07, 6.45) is 3.86. The number of aromatic nitrogens is 4. The minimum Gasteiger partial charge on any atom is -0.374 e.